The molecule has 0 bridgehead atoms. The Hall–Kier alpha value is -2.77. The summed E-state index contributed by atoms with van der Waals surface area (Å²) in [5.74, 6) is -0.280. The average molecular weight is 452 g/mol. The van der Waals surface area contributed by atoms with E-state index in [9.17, 15) is 13.2 Å². The van der Waals surface area contributed by atoms with E-state index in [1.54, 1.807) is 18.3 Å². The number of fused-ring (bicyclic) bond motifs is 1. The van der Waals surface area contributed by atoms with E-state index in [-0.39, 0.29) is 23.3 Å². The highest BCUT2D eigenvalue weighted by Crippen LogP contribution is 2.22. The second-order valence-electron chi connectivity index (χ2n) is 8.39. The first-order valence-corrected chi connectivity index (χ1v) is 12.7. The van der Waals surface area contributed by atoms with Gasteiger partial charge in [0.2, 0.25) is 15.9 Å². The summed E-state index contributed by atoms with van der Waals surface area (Å²) >= 11 is 0. The molecule has 0 saturated heterocycles. The molecule has 1 amide bonds. The van der Waals surface area contributed by atoms with Crippen LogP contribution >= 0.6 is 0 Å². The molecular formula is C25H29N3O3S. The average Bonchev–Trinajstić information content (AvgIpc) is 3.07. The van der Waals surface area contributed by atoms with Crippen molar-refractivity contribution in [1.82, 2.24) is 15.0 Å². The summed E-state index contributed by atoms with van der Waals surface area (Å²) in [6.07, 6.45) is 8.25. The van der Waals surface area contributed by atoms with Crippen LogP contribution < -0.4 is 10.0 Å². The molecule has 4 rings (SSSR count). The maximum Gasteiger partial charge on any atom is 0.243 e. The van der Waals surface area contributed by atoms with Gasteiger partial charge in [-0.1, -0.05) is 74.2 Å². The molecule has 2 aromatic carbocycles. The number of nitrogens with zero attached hydrogens (tertiary/aromatic N) is 1. The lowest BCUT2D eigenvalue weighted by Crippen LogP contribution is -2.50. The highest BCUT2D eigenvalue weighted by atomic mass is 32.2. The van der Waals surface area contributed by atoms with Crippen LogP contribution in [0.25, 0.3) is 10.9 Å². The molecule has 7 heteroatoms. The number of amides is 1. The van der Waals surface area contributed by atoms with Crippen LogP contribution in [0.4, 0.5) is 0 Å². The summed E-state index contributed by atoms with van der Waals surface area (Å²) in [6.45, 7) is 0. The van der Waals surface area contributed by atoms with Crippen molar-refractivity contribution in [3.8, 4) is 0 Å². The number of benzene rings is 2. The van der Waals surface area contributed by atoms with Crippen molar-refractivity contribution in [3.05, 3.63) is 72.4 Å². The van der Waals surface area contributed by atoms with Crippen molar-refractivity contribution < 1.29 is 13.2 Å². The van der Waals surface area contributed by atoms with Gasteiger partial charge in [-0.25, -0.2) is 8.42 Å². The standard InChI is InChI=1S/C25H29N3O3S/c29-25(27-21-14-6-1-2-7-15-21)22(18-19-10-4-3-5-11-19)28-32(30,31)23-16-8-12-20-13-9-17-26-24(20)23/h3-5,8-13,16-17,21-22,28H,1-2,6-7,14-15,18H2,(H,27,29)/t22-/m0/s1. The molecule has 168 valence electrons. The monoisotopic (exact) mass is 451 g/mol. The topological polar surface area (TPSA) is 88.2 Å². The largest absolute Gasteiger partial charge is 0.352 e. The second kappa shape index (κ2) is 10.2. The minimum Gasteiger partial charge on any atom is -0.352 e. The number of para-hydroxylation sites is 1. The zero-order chi connectivity index (χ0) is 22.4. The molecule has 32 heavy (non-hydrogen) atoms. The van der Waals surface area contributed by atoms with Crippen LogP contribution in [0.15, 0.2) is 71.8 Å². The van der Waals surface area contributed by atoms with Gasteiger partial charge in [0.25, 0.3) is 0 Å². The van der Waals surface area contributed by atoms with Crippen LogP contribution in [0.1, 0.15) is 44.1 Å². The van der Waals surface area contributed by atoms with Crippen molar-refractivity contribution in [2.75, 3.05) is 0 Å². The van der Waals surface area contributed by atoms with E-state index in [1.165, 1.54) is 18.9 Å². The number of rotatable bonds is 7. The maximum atomic E-state index is 13.4. The van der Waals surface area contributed by atoms with Crippen LogP contribution in [-0.4, -0.2) is 31.4 Å². The molecular weight excluding hydrogens is 422 g/mol. The molecule has 1 aliphatic rings. The van der Waals surface area contributed by atoms with Gasteiger partial charge in [0.15, 0.2) is 0 Å². The van der Waals surface area contributed by atoms with Crippen LogP contribution in [0.2, 0.25) is 0 Å². The summed E-state index contributed by atoms with van der Waals surface area (Å²) < 4.78 is 29.4. The molecule has 0 spiro atoms. The van der Waals surface area contributed by atoms with Gasteiger partial charge in [0, 0.05) is 17.6 Å². The van der Waals surface area contributed by atoms with E-state index < -0.39 is 16.1 Å². The SMILES string of the molecule is O=C(NC1CCCCCC1)[C@H](Cc1ccccc1)NS(=O)(=O)c1cccc2cccnc12. The third-order valence-corrected chi connectivity index (χ3v) is 7.49. The summed E-state index contributed by atoms with van der Waals surface area (Å²) in [6, 6.07) is 17.3. The lowest BCUT2D eigenvalue weighted by molar-refractivity contribution is -0.123. The predicted octanol–water partition coefficient (Wildman–Crippen LogP) is 3.96. The number of nitrogens with one attached hydrogen (secondary N) is 2. The minimum atomic E-state index is -3.97. The number of sulfonamides is 1. The van der Waals surface area contributed by atoms with Crippen molar-refractivity contribution >= 4 is 26.8 Å². The maximum absolute atomic E-state index is 13.4. The first-order valence-electron chi connectivity index (χ1n) is 11.2. The number of carbonyl (C=O) groups excluding carboxylic acids is 1. The quantitative estimate of drug-likeness (QED) is 0.532. The lowest BCUT2D eigenvalue weighted by atomic mass is 10.0. The molecule has 0 radical (unpaired) electrons. The highest BCUT2D eigenvalue weighted by Gasteiger charge is 2.29. The Labute approximate surface area is 189 Å². The molecule has 1 atom stereocenters. The Morgan fingerprint density at radius 3 is 2.41 bits per heavy atom. The van der Waals surface area contributed by atoms with Crippen molar-refractivity contribution in [3.63, 3.8) is 0 Å². The third kappa shape index (κ3) is 5.53. The van der Waals surface area contributed by atoms with Gasteiger partial charge in [0.05, 0.1) is 5.52 Å². The molecule has 1 aromatic heterocycles. The van der Waals surface area contributed by atoms with E-state index >= 15 is 0 Å². The first kappa shape index (κ1) is 22.4. The van der Waals surface area contributed by atoms with Crippen molar-refractivity contribution in [2.45, 2.75) is 61.9 Å². The fourth-order valence-corrected chi connectivity index (χ4v) is 5.68. The molecule has 0 unspecified atom stereocenters. The van der Waals surface area contributed by atoms with Gasteiger partial charge < -0.3 is 5.32 Å². The van der Waals surface area contributed by atoms with Crippen LogP contribution in [0.5, 0.6) is 0 Å². The Kier molecular flexibility index (Phi) is 7.17. The molecule has 1 aliphatic carbocycles. The summed E-state index contributed by atoms with van der Waals surface area (Å²) in [5, 5.41) is 3.84. The summed E-state index contributed by atoms with van der Waals surface area (Å²) in [4.78, 5) is 17.6. The number of hydrogen-bond acceptors (Lipinski definition) is 4. The number of pyridine rings is 1. The Balaban J connectivity index is 1.60. The first-order chi connectivity index (χ1) is 15.5. The smallest absolute Gasteiger partial charge is 0.243 e. The lowest BCUT2D eigenvalue weighted by Gasteiger charge is -2.23. The van der Waals surface area contributed by atoms with Gasteiger partial charge in [-0.05, 0) is 37.0 Å². The number of carbonyl (C=O) groups is 1. The van der Waals surface area contributed by atoms with Gasteiger partial charge in [-0.15, -0.1) is 0 Å². The third-order valence-electron chi connectivity index (χ3n) is 5.98. The second-order valence-corrected chi connectivity index (χ2v) is 10.1. The zero-order valence-electron chi connectivity index (χ0n) is 18.0. The van der Waals surface area contributed by atoms with Crippen molar-refractivity contribution in [1.29, 1.82) is 0 Å². The van der Waals surface area contributed by atoms with E-state index in [0.717, 1.165) is 36.6 Å². The van der Waals surface area contributed by atoms with E-state index in [4.69, 9.17) is 0 Å². The molecule has 1 heterocycles. The van der Waals surface area contributed by atoms with Crippen LogP contribution in [-0.2, 0) is 21.2 Å². The van der Waals surface area contributed by atoms with E-state index in [2.05, 4.69) is 15.0 Å². The Morgan fingerprint density at radius 2 is 1.66 bits per heavy atom. The van der Waals surface area contributed by atoms with Gasteiger partial charge >= 0.3 is 0 Å². The van der Waals surface area contributed by atoms with Crippen LogP contribution in [0, 0.1) is 0 Å². The minimum absolute atomic E-state index is 0.0796. The normalized spacial score (nSPS) is 16.4. The van der Waals surface area contributed by atoms with Crippen molar-refractivity contribution in [2.24, 2.45) is 0 Å². The number of aromatic nitrogens is 1. The Bertz CT molecular complexity index is 1150. The summed E-state index contributed by atoms with van der Waals surface area (Å²) in [5.41, 5.74) is 1.29. The molecule has 3 aromatic rings. The van der Waals surface area contributed by atoms with Gasteiger partial charge in [-0.2, -0.15) is 4.72 Å². The molecule has 6 nitrogen and oxygen atoms in total. The zero-order valence-corrected chi connectivity index (χ0v) is 18.9. The molecule has 0 aliphatic heterocycles. The van der Waals surface area contributed by atoms with Crippen LogP contribution in [0.3, 0.4) is 0 Å². The molecule has 1 saturated carbocycles. The van der Waals surface area contributed by atoms with E-state index in [0.29, 0.717) is 5.52 Å². The predicted molar refractivity (Wildman–Crippen MR) is 126 cm³/mol. The Morgan fingerprint density at radius 1 is 0.938 bits per heavy atom. The fraction of sp³-hybridized carbons (Fsp3) is 0.360. The number of hydrogen-bond donors (Lipinski definition) is 2. The van der Waals surface area contributed by atoms with Gasteiger partial charge in [-0.3, -0.25) is 9.78 Å². The van der Waals surface area contributed by atoms with E-state index in [1.807, 2.05) is 42.5 Å². The molecule has 2 N–H and O–H groups in total. The highest BCUT2D eigenvalue weighted by molar-refractivity contribution is 7.89. The van der Waals surface area contributed by atoms with Gasteiger partial charge in [0.1, 0.15) is 10.9 Å². The summed E-state index contributed by atoms with van der Waals surface area (Å²) in [7, 11) is -3.97. The molecule has 1 fully saturated rings. The fourth-order valence-electron chi connectivity index (χ4n) is 4.31.